The topological polar surface area (TPSA) is 68.2 Å². The van der Waals surface area contributed by atoms with Gasteiger partial charge in [0.05, 0.1) is 5.56 Å². The van der Waals surface area contributed by atoms with Crippen molar-refractivity contribution in [2.75, 3.05) is 0 Å². The van der Waals surface area contributed by atoms with Crippen molar-refractivity contribution in [1.82, 2.24) is 9.29 Å². The third kappa shape index (κ3) is 3.99. The van der Waals surface area contributed by atoms with Gasteiger partial charge in [0.2, 0.25) is 0 Å². The van der Waals surface area contributed by atoms with Gasteiger partial charge in [-0.25, -0.2) is 4.72 Å². The first-order valence-corrected chi connectivity index (χ1v) is 9.59. The number of nitrogens with zero attached hydrogens (tertiary/aromatic N) is 1. The average molecular weight is 450 g/mol. The molecule has 1 aromatic heterocycles. The molecule has 0 saturated heterocycles. The maximum absolute atomic E-state index is 12.7. The van der Waals surface area contributed by atoms with Crippen LogP contribution in [-0.2, 0) is 23.2 Å². The zero-order chi connectivity index (χ0) is 22.5. The fraction of sp³-hybridized carbons (Fsp3) is 0.167. The zero-order valence-electron chi connectivity index (χ0n) is 15.0. The van der Waals surface area contributed by atoms with E-state index < -0.39 is 33.2 Å². The third-order valence-corrected chi connectivity index (χ3v) is 5.37. The van der Waals surface area contributed by atoms with Gasteiger partial charge < -0.3 is 4.57 Å². The molecule has 0 atom stereocenters. The van der Waals surface area contributed by atoms with E-state index >= 15 is 0 Å². The highest BCUT2D eigenvalue weighted by atomic mass is 32.2. The monoisotopic (exact) mass is 450 g/mol. The molecular weight excluding hydrogens is 438 g/mol. The van der Waals surface area contributed by atoms with E-state index in [9.17, 15) is 39.6 Å². The van der Waals surface area contributed by atoms with Crippen LogP contribution in [0, 0.1) is 0 Å². The van der Waals surface area contributed by atoms with Crippen LogP contribution >= 0.6 is 0 Å². The fourth-order valence-electron chi connectivity index (χ4n) is 2.83. The Balaban J connectivity index is 1.98. The first-order valence-electron chi connectivity index (χ1n) is 8.11. The predicted octanol–water partition coefficient (Wildman–Crippen LogP) is 4.44. The number of rotatable bonds is 3. The number of alkyl halides is 6. The number of hydrogen-bond acceptors (Lipinski definition) is 3. The van der Waals surface area contributed by atoms with Gasteiger partial charge in [0.1, 0.15) is 0 Å². The summed E-state index contributed by atoms with van der Waals surface area (Å²) in [4.78, 5) is 12.0. The van der Waals surface area contributed by atoms with Crippen molar-refractivity contribution in [3.63, 3.8) is 0 Å². The Morgan fingerprint density at radius 3 is 2.10 bits per heavy atom. The van der Waals surface area contributed by atoms with Gasteiger partial charge in [0, 0.05) is 35.3 Å². The summed E-state index contributed by atoms with van der Waals surface area (Å²) in [7, 11) is -4.30. The van der Waals surface area contributed by atoms with Crippen LogP contribution in [0.25, 0.3) is 22.0 Å². The number of fused-ring (bicyclic) bond motifs is 1. The molecule has 30 heavy (non-hydrogen) atoms. The van der Waals surface area contributed by atoms with E-state index in [0.717, 1.165) is 22.9 Å². The van der Waals surface area contributed by atoms with Gasteiger partial charge in [-0.2, -0.15) is 34.8 Å². The second-order valence-corrected chi connectivity index (χ2v) is 8.01. The number of amides is 1. The minimum atomic E-state index is -5.86. The van der Waals surface area contributed by atoms with Crippen molar-refractivity contribution >= 4 is 26.8 Å². The summed E-state index contributed by atoms with van der Waals surface area (Å²) in [6, 6.07) is 8.05. The van der Waals surface area contributed by atoms with E-state index in [-0.39, 0.29) is 5.56 Å². The van der Waals surface area contributed by atoms with Crippen LogP contribution in [0.1, 0.15) is 15.9 Å². The first-order chi connectivity index (χ1) is 13.7. The molecule has 3 aromatic rings. The van der Waals surface area contributed by atoms with Crippen LogP contribution in [0.15, 0.2) is 48.7 Å². The molecule has 2 aromatic carbocycles. The van der Waals surface area contributed by atoms with Crippen molar-refractivity contribution in [3.05, 3.63) is 59.8 Å². The molecule has 1 amide bonds. The SMILES string of the molecule is Cn1cc(-c2ccc(C(F)(F)F)cc2)c2ccc(C(=O)NS(=O)(=O)C(F)(F)F)cc21. The molecule has 1 heterocycles. The van der Waals surface area contributed by atoms with E-state index in [1.807, 2.05) is 0 Å². The summed E-state index contributed by atoms with van der Waals surface area (Å²) < 4.78 is 100. The summed E-state index contributed by atoms with van der Waals surface area (Å²) in [5.41, 5.74) is -5.47. The second-order valence-electron chi connectivity index (χ2n) is 6.34. The smallest absolute Gasteiger partial charge is 0.350 e. The van der Waals surface area contributed by atoms with Crippen molar-refractivity contribution in [1.29, 1.82) is 0 Å². The number of carbonyl (C=O) groups excluding carboxylic acids is 1. The standard InChI is InChI=1S/C18H12F6N2O3S/c1-26-9-14(10-2-5-12(6-3-10)17(19,20)21)13-7-4-11(8-15(13)26)16(27)25-30(28,29)18(22,23)24/h2-9H,1H3,(H,25,27). The van der Waals surface area contributed by atoms with E-state index in [2.05, 4.69) is 0 Å². The zero-order valence-corrected chi connectivity index (χ0v) is 15.8. The van der Waals surface area contributed by atoms with Gasteiger partial charge in [0.15, 0.2) is 0 Å². The minimum absolute atomic E-state index is 0.338. The third-order valence-electron chi connectivity index (χ3n) is 4.31. The summed E-state index contributed by atoms with van der Waals surface area (Å²) >= 11 is 0. The van der Waals surface area contributed by atoms with Crippen LogP contribution in [-0.4, -0.2) is 24.4 Å². The molecule has 0 saturated carbocycles. The van der Waals surface area contributed by atoms with Crippen LogP contribution in [0.5, 0.6) is 0 Å². The lowest BCUT2D eigenvalue weighted by molar-refractivity contribution is -0.137. The molecular formula is C18H12F6N2O3S. The van der Waals surface area contributed by atoms with Crippen LogP contribution in [0.2, 0.25) is 0 Å². The number of aryl methyl sites for hydroxylation is 1. The predicted molar refractivity (Wildman–Crippen MR) is 95.8 cm³/mol. The molecule has 0 aliphatic carbocycles. The van der Waals surface area contributed by atoms with Crippen molar-refractivity contribution < 1.29 is 39.6 Å². The van der Waals surface area contributed by atoms with E-state index in [4.69, 9.17) is 0 Å². The van der Waals surface area contributed by atoms with Gasteiger partial charge in [-0.3, -0.25) is 4.79 Å². The molecule has 0 spiro atoms. The molecule has 3 rings (SSSR count). The van der Waals surface area contributed by atoms with E-state index in [0.29, 0.717) is 22.0 Å². The first kappa shape index (κ1) is 21.7. The summed E-state index contributed by atoms with van der Waals surface area (Å²) in [6.45, 7) is 0. The van der Waals surface area contributed by atoms with Crippen molar-refractivity contribution in [2.45, 2.75) is 11.7 Å². The lowest BCUT2D eigenvalue weighted by Gasteiger charge is -2.10. The Labute approximate surface area is 166 Å². The normalized spacial score (nSPS) is 12.9. The van der Waals surface area contributed by atoms with Crippen LogP contribution in [0.3, 0.4) is 0 Å². The Hall–Kier alpha value is -3.02. The molecule has 0 aliphatic rings. The maximum Gasteiger partial charge on any atom is 0.516 e. The Morgan fingerprint density at radius 2 is 1.57 bits per heavy atom. The van der Waals surface area contributed by atoms with Gasteiger partial charge in [0.25, 0.3) is 5.91 Å². The number of benzene rings is 2. The van der Waals surface area contributed by atoms with Gasteiger partial charge >= 0.3 is 21.7 Å². The fourth-order valence-corrected chi connectivity index (χ4v) is 3.31. The van der Waals surface area contributed by atoms with E-state index in [1.54, 1.807) is 13.2 Å². The molecule has 5 nitrogen and oxygen atoms in total. The number of aromatic nitrogens is 1. The van der Waals surface area contributed by atoms with Crippen molar-refractivity contribution in [2.24, 2.45) is 7.05 Å². The van der Waals surface area contributed by atoms with Crippen LogP contribution < -0.4 is 4.72 Å². The van der Waals surface area contributed by atoms with Crippen LogP contribution in [0.4, 0.5) is 26.3 Å². The quantitative estimate of drug-likeness (QED) is 0.600. The number of halogens is 6. The highest BCUT2D eigenvalue weighted by Gasteiger charge is 2.47. The highest BCUT2D eigenvalue weighted by molar-refractivity contribution is 7.90. The Morgan fingerprint density at radius 1 is 0.967 bits per heavy atom. The molecule has 0 unspecified atom stereocenters. The molecule has 12 heteroatoms. The number of nitrogens with one attached hydrogen (secondary N) is 1. The Bertz CT molecular complexity index is 1230. The molecule has 0 fully saturated rings. The number of carbonyl (C=O) groups is 1. The summed E-state index contributed by atoms with van der Waals surface area (Å²) in [5.74, 6) is -1.47. The molecule has 160 valence electrons. The molecule has 1 N–H and O–H groups in total. The molecule has 0 radical (unpaired) electrons. The Kier molecular flexibility index (Phi) is 5.09. The minimum Gasteiger partial charge on any atom is -0.350 e. The molecule has 0 aliphatic heterocycles. The lowest BCUT2D eigenvalue weighted by Crippen LogP contribution is -2.40. The lowest BCUT2D eigenvalue weighted by atomic mass is 10.0. The number of hydrogen-bond donors (Lipinski definition) is 1. The summed E-state index contributed by atoms with van der Waals surface area (Å²) in [5, 5.41) is 0.507. The van der Waals surface area contributed by atoms with Gasteiger partial charge in [-0.1, -0.05) is 18.2 Å². The van der Waals surface area contributed by atoms with E-state index in [1.165, 1.54) is 28.8 Å². The number of sulfonamides is 1. The summed E-state index contributed by atoms with van der Waals surface area (Å²) in [6.07, 6.45) is -2.92. The van der Waals surface area contributed by atoms with Crippen molar-refractivity contribution in [3.8, 4) is 11.1 Å². The average Bonchev–Trinajstić information content (AvgIpc) is 2.96. The second kappa shape index (κ2) is 7.04. The highest BCUT2D eigenvalue weighted by Crippen LogP contribution is 2.34. The largest absolute Gasteiger partial charge is 0.516 e. The van der Waals surface area contributed by atoms with Gasteiger partial charge in [-0.05, 0) is 29.8 Å². The van der Waals surface area contributed by atoms with Gasteiger partial charge in [-0.15, -0.1) is 0 Å². The molecule has 0 bridgehead atoms. The maximum atomic E-state index is 12.7.